The highest BCUT2D eigenvalue weighted by Crippen LogP contribution is 2.30. The molecule has 2 aromatic carbocycles. The Hall–Kier alpha value is -4.24. The Labute approximate surface area is 241 Å². The summed E-state index contributed by atoms with van der Waals surface area (Å²) in [5, 5.41) is 0.0387. The van der Waals surface area contributed by atoms with E-state index in [-0.39, 0.29) is 11.2 Å². The molecule has 0 radical (unpaired) electrons. The second-order valence-electron chi connectivity index (χ2n) is 8.63. The van der Waals surface area contributed by atoms with E-state index in [9.17, 15) is 9.46 Å². The van der Waals surface area contributed by atoms with Crippen molar-refractivity contribution in [3.8, 4) is 22.7 Å². The van der Waals surface area contributed by atoms with E-state index in [1.165, 1.54) is 7.11 Å². The third-order valence-electron chi connectivity index (χ3n) is 6.29. The lowest BCUT2D eigenvalue weighted by Crippen LogP contribution is -2.36. The normalized spacial score (nSPS) is 13.4. The second kappa shape index (κ2) is 14.9. The summed E-state index contributed by atoms with van der Waals surface area (Å²) < 4.78 is 24.0. The molecule has 1 atom stereocenters. The number of pyridine rings is 1. The fourth-order valence-corrected chi connectivity index (χ4v) is 4.73. The van der Waals surface area contributed by atoms with Crippen molar-refractivity contribution >= 4 is 36.0 Å². The molecular formula is C30H37N6O4P. The van der Waals surface area contributed by atoms with Crippen LogP contribution in [0.2, 0.25) is 0 Å². The summed E-state index contributed by atoms with van der Waals surface area (Å²) in [6.07, 6.45) is 5.00. The van der Waals surface area contributed by atoms with Crippen molar-refractivity contribution in [2.45, 2.75) is 20.8 Å². The number of anilines is 2. The predicted octanol–water partition coefficient (Wildman–Crippen LogP) is 4.30. The van der Waals surface area contributed by atoms with Crippen molar-refractivity contribution in [2.24, 2.45) is 5.73 Å². The van der Waals surface area contributed by atoms with Gasteiger partial charge in [0.1, 0.15) is 0 Å². The zero-order valence-electron chi connectivity index (χ0n) is 23.9. The number of fused-ring (bicyclic) bond motifs is 1. The number of hydrogen-bond acceptors (Lipinski definition) is 9. The molecule has 1 aliphatic heterocycles. The molecule has 1 aliphatic rings. The molecule has 216 valence electrons. The molecule has 4 aromatic rings. The number of imidazole rings is 1. The zero-order valence-corrected chi connectivity index (χ0v) is 24.8. The van der Waals surface area contributed by atoms with Crippen LogP contribution in [-0.2, 0) is 9.30 Å². The summed E-state index contributed by atoms with van der Waals surface area (Å²) in [7, 11) is -1.46. The molecule has 0 bridgehead atoms. The topological polar surface area (TPSA) is 145 Å². The molecule has 5 rings (SSSR count). The number of morpholine rings is 1. The van der Waals surface area contributed by atoms with Gasteiger partial charge in [0.25, 0.3) is 5.88 Å². The smallest absolute Gasteiger partial charge is 0.354 e. The summed E-state index contributed by atoms with van der Waals surface area (Å²) in [5.41, 5.74) is 17.2. The molecule has 0 amide bonds. The largest absolute Gasteiger partial charge is 0.591 e. The quantitative estimate of drug-likeness (QED) is 0.253. The Morgan fingerprint density at radius 2 is 1.76 bits per heavy atom. The van der Waals surface area contributed by atoms with Crippen LogP contribution in [0.1, 0.15) is 20.8 Å². The van der Waals surface area contributed by atoms with E-state index < -0.39 is 8.03 Å². The van der Waals surface area contributed by atoms with Crippen LogP contribution in [0.25, 0.3) is 27.8 Å². The average Bonchev–Trinajstić information content (AvgIpc) is 3.36. The van der Waals surface area contributed by atoms with Gasteiger partial charge in [-0.15, -0.1) is 0 Å². The number of nitrogen functional groups attached to an aromatic ring is 1. The number of allylic oxidation sites excluding steroid dienone is 2. The van der Waals surface area contributed by atoms with Crippen molar-refractivity contribution in [3.05, 3.63) is 79.2 Å². The predicted molar refractivity (Wildman–Crippen MR) is 165 cm³/mol. The van der Waals surface area contributed by atoms with Gasteiger partial charge in [-0.2, -0.15) is 0 Å². The molecule has 0 aliphatic carbocycles. The van der Waals surface area contributed by atoms with Gasteiger partial charge < -0.3 is 30.7 Å². The van der Waals surface area contributed by atoms with Crippen LogP contribution in [0.3, 0.4) is 0 Å². The highest BCUT2D eigenvalue weighted by molar-refractivity contribution is 7.46. The number of aromatic nitrogens is 3. The number of nitrogens with two attached hydrogens (primary N) is 2. The molecule has 2 aromatic heterocycles. The van der Waals surface area contributed by atoms with E-state index >= 15 is 0 Å². The van der Waals surface area contributed by atoms with Crippen molar-refractivity contribution in [1.82, 2.24) is 14.5 Å². The molecule has 1 unspecified atom stereocenters. The summed E-state index contributed by atoms with van der Waals surface area (Å²) in [6.45, 7) is 12.5. The first-order valence-corrected chi connectivity index (χ1v) is 14.5. The number of benzene rings is 2. The highest BCUT2D eigenvalue weighted by atomic mass is 31.1. The van der Waals surface area contributed by atoms with Crippen LogP contribution in [0.15, 0.2) is 79.2 Å². The van der Waals surface area contributed by atoms with Crippen LogP contribution in [0.4, 0.5) is 11.6 Å². The molecule has 3 heterocycles. The van der Waals surface area contributed by atoms with Crippen molar-refractivity contribution < 1.29 is 18.9 Å². The Morgan fingerprint density at radius 1 is 1.10 bits per heavy atom. The third-order valence-corrected chi connectivity index (χ3v) is 7.00. The number of nitrogens with zero attached hydrogens (tertiary/aromatic N) is 4. The van der Waals surface area contributed by atoms with Crippen molar-refractivity contribution in [2.75, 3.05) is 44.0 Å². The molecule has 1 saturated heterocycles. The lowest BCUT2D eigenvalue weighted by Gasteiger charge is -2.29. The summed E-state index contributed by atoms with van der Waals surface area (Å²) >= 11 is 0. The third kappa shape index (κ3) is 7.49. The van der Waals surface area contributed by atoms with Gasteiger partial charge in [0, 0.05) is 48.0 Å². The van der Waals surface area contributed by atoms with Gasteiger partial charge in [-0.1, -0.05) is 37.1 Å². The Bertz CT molecular complexity index is 1510. The minimum atomic E-state index is -2.85. The van der Waals surface area contributed by atoms with Gasteiger partial charge in [-0.3, -0.25) is 4.57 Å². The van der Waals surface area contributed by atoms with Crippen LogP contribution in [0.5, 0.6) is 5.88 Å². The van der Waals surface area contributed by atoms with Crippen molar-refractivity contribution in [1.29, 1.82) is 0 Å². The van der Waals surface area contributed by atoms with Gasteiger partial charge in [0.2, 0.25) is 11.3 Å². The van der Waals surface area contributed by atoms with Gasteiger partial charge in [-0.25, -0.2) is 9.97 Å². The fourth-order valence-electron chi connectivity index (χ4n) is 4.18. The van der Waals surface area contributed by atoms with Gasteiger partial charge in [0.05, 0.1) is 31.4 Å². The minimum absolute atomic E-state index is 0.0387. The fraction of sp³-hybridized carbons (Fsp3) is 0.267. The standard InChI is InChI=1S/C23H22N5O4P.C5H9N.C2H6/c1-31-22-21(33(29)30)13-16(14-25-22)15-2-7-19-20(12-15)28(23(24)26-19)18-5-3-17(4-6-18)27-8-10-32-11-9-27;1-3-5(6)4-2;1-2/h2-7,12-14H,8-11H2,1H3,(H2,24,26);3-4H,1,6H2,2H3;1-2H3/b;5-4+;. The molecule has 41 heavy (non-hydrogen) atoms. The van der Waals surface area contributed by atoms with Crippen LogP contribution in [-0.4, -0.2) is 47.9 Å². The maximum Gasteiger partial charge on any atom is 0.354 e. The molecule has 0 spiro atoms. The lowest BCUT2D eigenvalue weighted by atomic mass is 10.1. The summed E-state index contributed by atoms with van der Waals surface area (Å²) in [5.74, 6) is 0.447. The first-order valence-electron chi connectivity index (χ1n) is 13.3. The van der Waals surface area contributed by atoms with E-state index in [0.717, 1.165) is 60.0 Å². The zero-order chi connectivity index (χ0) is 29.9. The van der Waals surface area contributed by atoms with Crippen LogP contribution >= 0.6 is 8.03 Å². The van der Waals surface area contributed by atoms with Gasteiger partial charge in [-0.05, 0) is 55.0 Å². The molecule has 11 heteroatoms. The monoisotopic (exact) mass is 576 g/mol. The summed E-state index contributed by atoms with van der Waals surface area (Å²) in [4.78, 5) is 22.6. The van der Waals surface area contributed by atoms with E-state index in [0.29, 0.717) is 11.5 Å². The Morgan fingerprint density at radius 3 is 2.32 bits per heavy atom. The summed E-state index contributed by atoms with van der Waals surface area (Å²) in [6, 6.07) is 15.4. The van der Waals surface area contributed by atoms with Gasteiger partial charge in [0.15, 0.2) is 0 Å². The van der Waals surface area contributed by atoms with E-state index in [1.54, 1.807) is 24.4 Å². The van der Waals surface area contributed by atoms with E-state index in [4.69, 9.17) is 20.9 Å². The molecule has 10 nitrogen and oxygen atoms in total. The van der Waals surface area contributed by atoms with Crippen LogP contribution < -0.4 is 31.3 Å². The Balaban J connectivity index is 0.000000515. The lowest BCUT2D eigenvalue weighted by molar-refractivity contribution is -0.160. The highest BCUT2D eigenvalue weighted by Gasteiger charge is 2.19. The SMILES string of the molecule is C=C/C(N)=C\C.CC.COc1ncc(-c2ccc3nc(N)n(-c4ccc(N5CCOCC5)cc4)c3c2)cc1[P+](=O)[O-]. The van der Waals surface area contributed by atoms with E-state index in [1.807, 2.05) is 55.7 Å². The molecule has 0 saturated carbocycles. The molecule has 1 fully saturated rings. The maximum absolute atomic E-state index is 11.6. The maximum atomic E-state index is 11.6. The number of methoxy groups -OCH3 is 1. The number of hydrogen-bond donors (Lipinski definition) is 2. The van der Waals surface area contributed by atoms with Gasteiger partial charge >= 0.3 is 8.03 Å². The average molecular weight is 577 g/mol. The molecule has 4 N–H and O–H groups in total. The van der Waals surface area contributed by atoms with Crippen LogP contribution in [0, 0.1) is 0 Å². The first-order chi connectivity index (χ1) is 19.9. The first kappa shape index (κ1) is 31.3. The Kier molecular flexibility index (Phi) is 11.4. The second-order valence-corrected chi connectivity index (χ2v) is 9.62. The molecular weight excluding hydrogens is 539 g/mol. The van der Waals surface area contributed by atoms with Crippen molar-refractivity contribution in [3.63, 3.8) is 0 Å². The minimum Gasteiger partial charge on any atom is -0.591 e. The number of rotatable bonds is 6. The number of ether oxygens (including phenoxy) is 2. The van der Waals surface area contributed by atoms with E-state index in [2.05, 4.69) is 33.6 Å².